The van der Waals surface area contributed by atoms with Crippen molar-refractivity contribution in [1.29, 1.82) is 0 Å². The molecule has 0 spiro atoms. The molecule has 0 bridgehead atoms. The van der Waals surface area contributed by atoms with Gasteiger partial charge in [0.05, 0.1) is 11.0 Å². The fourth-order valence-corrected chi connectivity index (χ4v) is 3.37. The summed E-state index contributed by atoms with van der Waals surface area (Å²) < 4.78 is 0. The van der Waals surface area contributed by atoms with Crippen LogP contribution in [-0.4, -0.2) is 29.3 Å². The Kier molecular flexibility index (Phi) is 4.97. The van der Waals surface area contributed by atoms with Crippen molar-refractivity contribution in [3.8, 4) is 0 Å². The number of hydrogen-bond acceptors (Lipinski definition) is 4. The molecule has 0 fully saturated rings. The van der Waals surface area contributed by atoms with Gasteiger partial charge in [-0.05, 0) is 30.0 Å². The molecule has 1 N–H and O–H groups in total. The summed E-state index contributed by atoms with van der Waals surface area (Å²) in [5.41, 5.74) is 3.00. The number of nitro groups is 1. The third kappa shape index (κ3) is 3.63. The number of fused-ring (bicyclic) bond motifs is 1. The maximum Gasteiger partial charge on any atom is 0.292 e. The van der Waals surface area contributed by atoms with Crippen molar-refractivity contribution in [2.75, 3.05) is 18.9 Å². The molecule has 3 rings (SSSR count). The first kappa shape index (κ1) is 17.0. The van der Waals surface area contributed by atoms with Crippen molar-refractivity contribution in [3.63, 3.8) is 0 Å². The van der Waals surface area contributed by atoms with Crippen LogP contribution in [-0.2, 0) is 11.2 Å². The number of amides is 1. The van der Waals surface area contributed by atoms with Crippen LogP contribution >= 0.6 is 0 Å². The molecule has 2 aromatic rings. The van der Waals surface area contributed by atoms with Gasteiger partial charge in [0.25, 0.3) is 5.69 Å². The summed E-state index contributed by atoms with van der Waals surface area (Å²) in [4.78, 5) is 24.9. The summed E-state index contributed by atoms with van der Waals surface area (Å²) in [6.45, 7) is 0.363. The molecular formula is C19H21N3O3. The van der Waals surface area contributed by atoms with Gasteiger partial charge >= 0.3 is 0 Å². The van der Waals surface area contributed by atoms with Gasteiger partial charge in [0.15, 0.2) is 0 Å². The highest BCUT2D eigenvalue weighted by atomic mass is 16.6. The SMILES string of the molecule is CN(C(=O)CCNc1ccccc1[N+](=O)[O-])C1CCc2ccccc21. The molecule has 2 aromatic carbocycles. The van der Waals surface area contributed by atoms with E-state index in [1.807, 2.05) is 19.2 Å². The van der Waals surface area contributed by atoms with Gasteiger partial charge < -0.3 is 10.2 Å². The molecule has 1 aliphatic rings. The number of carbonyl (C=O) groups is 1. The highest BCUT2D eigenvalue weighted by molar-refractivity contribution is 5.77. The zero-order valence-corrected chi connectivity index (χ0v) is 14.1. The molecule has 0 aliphatic heterocycles. The van der Waals surface area contributed by atoms with Gasteiger partial charge in [0, 0.05) is 26.1 Å². The number of para-hydroxylation sites is 2. The lowest BCUT2D eigenvalue weighted by atomic mass is 10.1. The largest absolute Gasteiger partial charge is 0.379 e. The second-order valence-electron chi connectivity index (χ2n) is 6.21. The van der Waals surface area contributed by atoms with Crippen LogP contribution in [0, 0.1) is 10.1 Å². The second kappa shape index (κ2) is 7.34. The van der Waals surface area contributed by atoms with Gasteiger partial charge in [-0.2, -0.15) is 0 Å². The van der Waals surface area contributed by atoms with Gasteiger partial charge in [0.1, 0.15) is 5.69 Å². The summed E-state index contributed by atoms with van der Waals surface area (Å²) >= 11 is 0. The zero-order valence-electron chi connectivity index (χ0n) is 14.1. The molecule has 6 nitrogen and oxygen atoms in total. The zero-order chi connectivity index (χ0) is 17.8. The van der Waals surface area contributed by atoms with Crippen LogP contribution in [0.4, 0.5) is 11.4 Å². The predicted molar refractivity (Wildman–Crippen MR) is 96.5 cm³/mol. The van der Waals surface area contributed by atoms with Gasteiger partial charge in [-0.1, -0.05) is 36.4 Å². The van der Waals surface area contributed by atoms with Crippen molar-refractivity contribution in [2.24, 2.45) is 0 Å². The average molecular weight is 339 g/mol. The summed E-state index contributed by atoms with van der Waals surface area (Å²) in [6, 6.07) is 14.8. The van der Waals surface area contributed by atoms with Gasteiger partial charge in [0.2, 0.25) is 5.91 Å². The summed E-state index contributed by atoms with van der Waals surface area (Å²) in [7, 11) is 1.83. The Bertz CT molecular complexity index is 791. The number of carbonyl (C=O) groups excluding carboxylic acids is 1. The second-order valence-corrected chi connectivity index (χ2v) is 6.21. The first-order chi connectivity index (χ1) is 12.1. The van der Waals surface area contributed by atoms with Crippen LogP contribution in [0.2, 0.25) is 0 Å². The van der Waals surface area contributed by atoms with Gasteiger partial charge in [-0.25, -0.2) is 0 Å². The minimum absolute atomic E-state index is 0.0213. The maximum absolute atomic E-state index is 12.5. The number of benzene rings is 2. The molecule has 25 heavy (non-hydrogen) atoms. The average Bonchev–Trinajstić information content (AvgIpc) is 3.05. The fraction of sp³-hybridized carbons (Fsp3) is 0.316. The predicted octanol–water partition coefficient (Wildman–Crippen LogP) is 3.54. The minimum atomic E-state index is -0.425. The van der Waals surface area contributed by atoms with Crippen LogP contribution in [0.15, 0.2) is 48.5 Å². The Morgan fingerprint density at radius 1 is 1.24 bits per heavy atom. The van der Waals surface area contributed by atoms with E-state index in [0.717, 1.165) is 12.8 Å². The number of nitro benzene ring substituents is 1. The van der Waals surface area contributed by atoms with E-state index in [-0.39, 0.29) is 17.6 Å². The molecular weight excluding hydrogens is 318 g/mol. The Labute approximate surface area is 146 Å². The molecule has 6 heteroatoms. The first-order valence-corrected chi connectivity index (χ1v) is 8.38. The summed E-state index contributed by atoms with van der Waals surface area (Å²) in [5, 5.41) is 14.0. The molecule has 1 atom stereocenters. The monoisotopic (exact) mass is 339 g/mol. The minimum Gasteiger partial charge on any atom is -0.379 e. The van der Waals surface area contributed by atoms with E-state index in [4.69, 9.17) is 0 Å². The van der Waals surface area contributed by atoms with E-state index in [1.165, 1.54) is 17.2 Å². The van der Waals surface area contributed by atoms with E-state index in [9.17, 15) is 14.9 Å². The smallest absolute Gasteiger partial charge is 0.292 e. The number of nitrogens with one attached hydrogen (secondary N) is 1. The molecule has 1 unspecified atom stereocenters. The summed E-state index contributed by atoms with van der Waals surface area (Å²) in [6.07, 6.45) is 2.23. The van der Waals surface area contributed by atoms with Crippen molar-refractivity contribution in [1.82, 2.24) is 4.90 Å². The number of nitrogens with zero attached hydrogens (tertiary/aromatic N) is 2. The maximum atomic E-state index is 12.5. The molecule has 0 heterocycles. The molecule has 0 saturated heterocycles. The molecule has 0 saturated carbocycles. The van der Waals surface area contributed by atoms with E-state index in [0.29, 0.717) is 18.7 Å². The van der Waals surface area contributed by atoms with Crippen molar-refractivity contribution < 1.29 is 9.72 Å². The highest BCUT2D eigenvalue weighted by Gasteiger charge is 2.27. The molecule has 0 radical (unpaired) electrons. The lowest BCUT2D eigenvalue weighted by Gasteiger charge is -2.25. The van der Waals surface area contributed by atoms with Gasteiger partial charge in [-0.15, -0.1) is 0 Å². The first-order valence-electron chi connectivity index (χ1n) is 8.38. The van der Waals surface area contributed by atoms with E-state index in [2.05, 4.69) is 17.4 Å². The number of hydrogen-bond donors (Lipinski definition) is 1. The Morgan fingerprint density at radius 3 is 2.76 bits per heavy atom. The van der Waals surface area contributed by atoms with Crippen molar-refractivity contribution >= 4 is 17.3 Å². The van der Waals surface area contributed by atoms with Crippen molar-refractivity contribution in [3.05, 3.63) is 69.8 Å². The number of aryl methyl sites for hydroxylation is 1. The van der Waals surface area contributed by atoms with Crippen LogP contribution in [0.25, 0.3) is 0 Å². The van der Waals surface area contributed by atoms with Gasteiger partial charge in [-0.3, -0.25) is 14.9 Å². The Balaban J connectivity index is 1.58. The molecule has 1 amide bonds. The lowest BCUT2D eigenvalue weighted by Crippen LogP contribution is -2.31. The molecule has 1 aliphatic carbocycles. The molecule has 130 valence electrons. The standard InChI is InChI=1S/C19H21N3O3/c1-21(17-11-10-14-6-2-3-7-15(14)17)19(23)12-13-20-16-8-4-5-9-18(16)22(24)25/h2-9,17,20H,10-13H2,1H3. The number of anilines is 1. The fourth-order valence-electron chi connectivity index (χ4n) is 3.37. The van der Waals surface area contributed by atoms with Crippen LogP contribution in [0.1, 0.15) is 30.0 Å². The lowest BCUT2D eigenvalue weighted by molar-refractivity contribution is -0.384. The molecule has 0 aromatic heterocycles. The topological polar surface area (TPSA) is 75.5 Å². The van der Waals surface area contributed by atoms with Crippen LogP contribution in [0.3, 0.4) is 0 Å². The normalized spacial score (nSPS) is 15.5. The quantitative estimate of drug-likeness (QED) is 0.645. The Morgan fingerprint density at radius 2 is 1.96 bits per heavy atom. The third-order valence-electron chi connectivity index (χ3n) is 4.72. The van der Waals surface area contributed by atoms with E-state index < -0.39 is 4.92 Å². The summed E-state index contributed by atoms with van der Waals surface area (Å²) in [5.74, 6) is 0.0350. The number of rotatable bonds is 6. The van der Waals surface area contributed by atoms with E-state index >= 15 is 0 Å². The third-order valence-corrected chi connectivity index (χ3v) is 4.72. The van der Waals surface area contributed by atoms with Crippen LogP contribution in [0.5, 0.6) is 0 Å². The van der Waals surface area contributed by atoms with Crippen molar-refractivity contribution in [2.45, 2.75) is 25.3 Å². The highest BCUT2D eigenvalue weighted by Crippen LogP contribution is 2.35. The van der Waals surface area contributed by atoms with E-state index in [1.54, 1.807) is 23.1 Å². The Hall–Kier alpha value is -2.89. The van der Waals surface area contributed by atoms with Crippen LogP contribution < -0.4 is 5.32 Å².